The third-order valence-electron chi connectivity index (χ3n) is 1.41. The first-order valence-electron chi connectivity index (χ1n) is 3.66. The monoisotopic (exact) mass is 211 g/mol. The standard InChI is InChI=1S/C6H5N5O2S/c12-4(13)2-8-6-7-1-3-5(9-6)14-11-10-3/h1H,2H2,(H,12,13)(H,7,8,9). The van der Waals surface area contributed by atoms with E-state index in [1.54, 1.807) is 0 Å². The van der Waals surface area contributed by atoms with Crippen LogP contribution in [0.25, 0.3) is 10.3 Å². The lowest BCUT2D eigenvalue weighted by Gasteiger charge is -1.98. The lowest BCUT2D eigenvalue weighted by atomic mass is 10.6. The van der Waals surface area contributed by atoms with Gasteiger partial charge >= 0.3 is 5.97 Å². The summed E-state index contributed by atoms with van der Waals surface area (Å²) in [6, 6.07) is 0. The van der Waals surface area contributed by atoms with Gasteiger partial charge in [-0.3, -0.25) is 4.79 Å². The molecule has 0 spiro atoms. The van der Waals surface area contributed by atoms with Crippen molar-refractivity contribution in [3.63, 3.8) is 0 Å². The number of carboxylic acid groups (broad SMARTS) is 1. The zero-order valence-corrected chi connectivity index (χ0v) is 7.65. The maximum atomic E-state index is 10.2. The van der Waals surface area contributed by atoms with E-state index in [9.17, 15) is 4.79 Å². The van der Waals surface area contributed by atoms with Crippen LogP contribution in [-0.4, -0.2) is 37.2 Å². The number of carbonyl (C=O) groups is 1. The topological polar surface area (TPSA) is 101 Å². The van der Waals surface area contributed by atoms with Gasteiger partial charge in [0.1, 0.15) is 12.1 Å². The number of anilines is 1. The summed E-state index contributed by atoms with van der Waals surface area (Å²) in [5.74, 6) is -0.693. The minimum atomic E-state index is -0.962. The molecule has 0 saturated heterocycles. The second kappa shape index (κ2) is 3.50. The van der Waals surface area contributed by atoms with Crippen molar-refractivity contribution in [2.75, 3.05) is 11.9 Å². The molecule has 0 radical (unpaired) electrons. The highest BCUT2D eigenvalue weighted by Gasteiger charge is 2.03. The minimum Gasteiger partial charge on any atom is -0.480 e. The molecule has 0 fully saturated rings. The van der Waals surface area contributed by atoms with E-state index in [-0.39, 0.29) is 12.5 Å². The highest BCUT2D eigenvalue weighted by Crippen LogP contribution is 2.12. The van der Waals surface area contributed by atoms with E-state index in [4.69, 9.17) is 5.11 Å². The summed E-state index contributed by atoms with van der Waals surface area (Å²) in [5, 5.41) is 14.7. The summed E-state index contributed by atoms with van der Waals surface area (Å²) in [4.78, 5) is 18.8. The molecule has 0 unspecified atom stereocenters. The van der Waals surface area contributed by atoms with E-state index >= 15 is 0 Å². The Morgan fingerprint density at radius 3 is 3.29 bits per heavy atom. The normalized spacial score (nSPS) is 10.3. The molecule has 0 aliphatic carbocycles. The van der Waals surface area contributed by atoms with Crippen LogP contribution < -0.4 is 5.32 Å². The Hall–Kier alpha value is -1.83. The van der Waals surface area contributed by atoms with E-state index in [1.165, 1.54) is 6.20 Å². The van der Waals surface area contributed by atoms with Crippen molar-refractivity contribution in [1.82, 2.24) is 19.6 Å². The minimum absolute atomic E-state index is 0.211. The van der Waals surface area contributed by atoms with Gasteiger partial charge in [-0.15, -0.1) is 5.10 Å². The van der Waals surface area contributed by atoms with Gasteiger partial charge in [-0.2, -0.15) is 4.98 Å². The molecular weight excluding hydrogens is 206 g/mol. The van der Waals surface area contributed by atoms with Gasteiger partial charge < -0.3 is 10.4 Å². The number of rotatable bonds is 3. The molecule has 2 aromatic heterocycles. The first kappa shape index (κ1) is 8.75. The Morgan fingerprint density at radius 1 is 1.64 bits per heavy atom. The fraction of sp³-hybridized carbons (Fsp3) is 0.167. The molecule has 2 N–H and O–H groups in total. The molecule has 7 nitrogen and oxygen atoms in total. The molecule has 0 aliphatic rings. The van der Waals surface area contributed by atoms with Crippen molar-refractivity contribution in [3.8, 4) is 0 Å². The van der Waals surface area contributed by atoms with Crippen molar-refractivity contribution in [2.45, 2.75) is 0 Å². The second-order valence-electron chi connectivity index (χ2n) is 2.40. The van der Waals surface area contributed by atoms with E-state index in [1.807, 2.05) is 0 Å². The summed E-state index contributed by atoms with van der Waals surface area (Å²) in [5.41, 5.74) is 0.607. The number of aromatic nitrogens is 4. The van der Waals surface area contributed by atoms with Crippen LogP contribution >= 0.6 is 11.5 Å². The average Bonchev–Trinajstić information content (AvgIpc) is 2.61. The third kappa shape index (κ3) is 1.74. The summed E-state index contributed by atoms with van der Waals surface area (Å²) < 4.78 is 3.68. The Bertz CT molecular complexity index is 470. The van der Waals surface area contributed by atoms with Crippen LogP contribution in [0.2, 0.25) is 0 Å². The van der Waals surface area contributed by atoms with E-state index < -0.39 is 5.97 Å². The number of nitrogens with zero attached hydrogens (tertiary/aromatic N) is 4. The Morgan fingerprint density at radius 2 is 2.50 bits per heavy atom. The van der Waals surface area contributed by atoms with Crippen molar-refractivity contribution in [2.24, 2.45) is 0 Å². The maximum absolute atomic E-state index is 10.2. The molecule has 0 atom stereocenters. The van der Waals surface area contributed by atoms with Crippen LogP contribution in [0.3, 0.4) is 0 Å². The summed E-state index contributed by atoms with van der Waals surface area (Å²) in [7, 11) is 0. The first-order chi connectivity index (χ1) is 6.75. The lowest BCUT2D eigenvalue weighted by Crippen LogP contribution is -2.13. The van der Waals surface area contributed by atoms with Gasteiger partial charge in [0, 0.05) is 11.5 Å². The molecule has 0 bridgehead atoms. The molecule has 2 rings (SSSR count). The van der Waals surface area contributed by atoms with Gasteiger partial charge in [0.25, 0.3) is 0 Å². The fourth-order valence-corrected chi connectivity index (χ4v) is 1.36. The van der Waals surface area contributed by atoms with Gasteiger partial charge in [-0.1, -0.05) is 4.49 Å². The molecule has 0 amide bonds. The molecule has 0 aromatic carbocycles. The number of nitrogens with one attached hydrogen (secondary N) is 1. The first-order valence-corrected chi connectivity index (χ1v) is 4.44. The molecular formula is C6H5N5O2S. The van der Waals surface area contributed by atoms with Crippen molar-refractivity contribution in [3.05, 3.63) is 6.20 Å². The lowest BCUT2D eigenvalue weighted by molar-refractivity contribution is -0.134. The summed E-state index contributed by atoms with van der Waals surface area (Å²) >= 11 is 1.14. The predicted molar refractivity (Wildman–Crippen MR) is 49.1 cm³/mol. The molecule has 8 heteroatoms. The third-order valence-corrected chi connectivity index (χ3v) is 2.05. The number of hydrogen-bond donors (Lipinski definition) is 2. The Labute approximate surface area is 82.0 Å². The average molecular weight is 211 g/mol. The SMILES string of the molecule is O=C(O)CNc1ncc2nnsc2n1. The number of carboxylic acids is 1. The Balaban J connectivity index is 2.21. The largest absolute Gasteiger partial charge is 0.480 e. The quantitative estimate of drug-likeness (QED) is 0.735. The maximum Gasteiger partial charge on any atom is 0.322 e. The number of aliphatic carboxylic acids is 1. The zero-order valence-electron chi connectivity index (χ0n) is 6.84. The van der Waals surface area contributed by atoms with Gasteiger partial charge in [0.15, 0.2) is 4.83 Å². The highest BCUT2D eigenvalue weighted by molar-refractivity contribution is 7.12. The zero-order chi connectivity index (χ0) is 9.97. The summed E-state index contributed by atoms with van der Waals surface area (Å²) in [6.45, 7) is -0.211. The van der Waals surface area contributed by atoms with Gasteiger partial charge in [-0.05, 0) is 0 Å². The van der Waals surface area contributed by atoms with Crippen molar-refractivity contribution in [1.29, 1.82) is 0 Å². The van der Waals surface area contributed by atoms with Crippen LogP contribution in [0.1, 0.15) is 0 Å². The van der Waals surface area contributed by atoms with E-state index in [2.05, 4.69) is 24.9 Å². The van der Waals surface area contributed by atoms with Crippen LogP contribution in [0.5, 0.6) is 0 Å². The molecule has 0 aliphatic heterocycles. The predicted octanol–water partition coefficient (Wildman–Crippen LogP) is -0.0222. The molecule has 2 heterocycles. The molecule has 14 heavy (non-hydrogen) atoms. The fourth-order valence-electron chi connectivity index (χ4n) is 0.839. The highest BCUT2D eigenvalue weighted by atomic mass is 32.1. The number of hydrogen-bond acceptors (Lipinski definition) is 7. The van der Waals surface area contributed by atoms with Gasteiger partial charge in [0.2, 0.25) is 5.95 Å². The van der Waals surface area contributed by atoms with E-state index in [0.717, 1.165) is 11.5 Å². The van der Waals surface area contributed by atoms with E-state index in [0.29, 0.717) is 10.3 Å². The van der Waals surface area contributed by atoms with Crippen LogP contribution in [0.4, 0.5) is 5.95 Å². The summed E-state index contributed by atoms with van der Waals surface area (Å²) in [6.07, 6.45) is 1.50. The smallest absolute Gasteiger partial charge is 0.322 e. The van der Waals surface area contributed by atoms with Crippen LogP contribution in [-0.2, 0) is 4.79 Å². The molecule has 0 saturated carbocycles. The van der Waals surface area contributed by atoms with Crippen molar-refractivity contribution >= 4 is 33.8 Å². The van der Waals surface area contributed by atoms with Crippen LogP contribution in [0.15, 0.2) is 6.20 Å². The molecule has 2 aromatic rings. The Kier molecular flexibility index (Phi) is 2.19. The van der Waals surface area contributed by atoms with Crippen LogP contribution in [0, 0.1) is 0 Å². The second-order valence-corrected chi connectivity index (χ2v) is 3.14. The molecule has 72 valence electrons. The van der Waals surface area contributed by atoms with Gasteiger partial charge in [0.05, 0.1) is 6.20 Å². The van der Waals surface area contributed by atoms with Gasteiger partial charge in [-0.25, -0.2) is 4.98 Å². The number of fused-ring (bicyclic) bond motifs is 1. The van der Waals surface area contributed by atoms with Crippen molar-refractivity contribution < 1.29 is 9.90 Å².